The molecule has 10 heteroatoms. The van der Waals surface area contributed by atoms with Crippen molar-refractivity contribution in [2.24, 2.45) is 0 Å². The van der Waals surface area contributed by atoms with Gasteiger partial charge in [-0.1, -0.05) is 29.8 Å². The van der Waals surface area contributed by atoms with Crippen molar-refractivity contribution in [2.75, 3.05) is 0 Å². The Bertz CT molecular complexity index is 1410. The number of rotatable bonds is 3. The fourth-order valence-corrected chi connectivity index (χ4v) is 4.47. The molecule has 0 saturated carbocycles. The second-order valence-electron chi connectivity index (χ2n) is 6.10. The Labute approximate surface area is 171 Å². The smallest absolute Gasteiger partial charge is 0.258 e. The average Bonchev–Trinajstić information content (AvgIpc) is 3.38. The number of benzene rings is 2. The van der Waals surface area contributed by atoms with Crippen molar-refractivity contribution in [2.45, 2.75) is 0 Å². The third-order valence-electron chi connectivity index (χ3n) is 4.45. The molecule has 0 aliphatic heterocycles. The van der Waals surface area contributed by atoms with Crippen LogP contribution < -0.4 is 0 Å². The fourth-order valence-electron chi connectivity index (χ4n) is 3.15. The van der Waals surface area contributed by atoms with Crippen molar-refractivity contribution in [3.05, 3.63) is 74.9 Å². The lowest BCUT2D eigenvalue weighted by Gasteiger charge is -2.05. The first-order chi connectivity index (χ1) is 14.1. The highest BCUT2D eigenvalue weighted by Gasteiger charge is 2.23. The van der Waals surface area contributed by atoms with E-state index in [-0.39, 0.29) is 11.2 Å². The summed E-state index contributed by atoms with van der Waals surface area (Å²) in [6.07, 6.45) is 4.85. The van der Waals surface area contributed by atoms with E-state index in [4.69, 9.17) is 16.6 Å². The lowest BCUT2D eigenvalue weighted by atomic mass is 10.0. The highest BCUT2D eigenvalue weighted by atomic mass is 35.5. The summed E-state index contributed by atoms with van der Waals surface area (Å²) in [5.74, 6) is 0. The van der Waals surface area contributed by atoms with Gasteiger partial charge in [0, 0.05) is 22.0 Å². The van der Waals surface area contributed by atoms with E-state index >= 15 is 0 Å². The minimum atomic E-state index is -0.477. The normalized spacial score (nSPS) is 11.8. The van der Waals surface area contributed by atoms with Crippen molar-refractivity contribution in [3.63, 3.8) is 0 Å². The molecule has 140 valence electrons. The second-order valence-corrected chi connectivity index (χ2v) is 8.16. The molecule has 1 atom stereocenters. The molecule has 0 saturated heterocycles. The zero-order valence-electron chi connectivity index (χ0n) is 14.6. The maximum absolute atomic E-state index is 11.7. The Kier molecular flexibility index (Phi) is 4.11. The van der Waals surface area contributed by atoms with Crippen molar-refractivity contribution in [1.29, 1.82) is 0 Å². The lowest BCUT2D eigenvalue weighted by Crippen LogP contribution is -1.92. The van der Waals surface area contributed by atoms with Gasteiger partial charge < -0.3 is 0 Å². The largest absolute Gasteiger partial charge is 0.298 e. The molecule has 5 aromatic rings. The van der Waals surface area contributed by atoms with Crippen LogP contribution in [0.15, 0.2) is 59.8 Å². The zero-order chi connectivity index (χ0) is 20.0. The molecule has 0 radical (unpaired) electrons. The second kappa shape index (κ2) is 6.80. The quantitative estimate of drug-likeness (QED) is 0.231. The SMILES string of the molecule is O=[N+]([O-])c1cc2c(-c3ccccc3Cl)nc(-[s+]3ccnc3)cnc2c2cnnc12. The van der Waals surface area contributed by atoms with Gasteiger partial charge in [0.1, 0.15) is 6.20 Å². The summed E-state index contributed by atoms with van der Waals surface area (Å²) >= 11 is 6.46. The number of fused-ring (bicyclic) bond motifs is 3. The van der Waals surface area contributed by atoms with Crippen LogP contribution in [-0.2, 0) is 0 Å². The highest BCUT2D eigenvalue weighted by molar-refractivity contribution is 7.36. The predicted molar refractivity (Wildman–Crippen MR) is 111 cm³/mol. The van der Waals surface area contributed by atoms with Crippen LogP contribution in [0.3, 0.4) is 0 Å². The van der Waals surface area contributed by atoms with Crippen LogP contribution in [0.4, 0.5) is 5.69 Å². The van der Waals surface area contributed by atoms with E-state index in [1.54, 1.807) is 24.0 Å². The molecular formula is C19H10ClN6O2S+. The van der Waals surface area contributed by atoms with Crippen LogP contribution in [0.5, 0.6) is 0 Å². The average molecular weight is 422 g/mol. The molecule has 3 aromatic heterocycles. The number of hydrogen-bond donors (Lipinski definition) is 0. The van der Waals surface area contributed by atoms with Gasteiger partial charge in [-0.05, 0) is 6.07 Å². The summed E-state index contributed by atoms with van der Waals surface area (Å²) in [5.41, 5.74) is 3.51. The molecule has 1 unspecified atom stereocenters. The van der Waals surface area contributed by atoms with Gasteiger partial charge in [0.25, 0.3) is 10.7 Å². The first kappa shape index (κ1) is 17.5. The number of nitrogens with zero attached hydrogens (tertiary/aromatic N) is 6. The van der Waals surface area contributed by atoms with Gasteiger partial charge in [0.05, 0.1) is 44.4 Å². The molecule has 3 heterocycles. The van der Waals surface area contributed by atoms with Crippen LogP contribution in [0, 0.1) is 10.1 Å². The maximum atomic E-state index is 11.7. The number of hydrogen-bond acceptors (Lipinski definition) is 7. The number of aromatic nitrogens is 5. The van der Waals surface area contributed by atoms with Crippen LogP contribution in [0.2, 0.25) is 5.02 Å². The molecule has 0 aliphatic carbocycles. The number of non-ortho nitro benzene ring substituents is 1. The number of halogens is 1. The topological polar surface area (TPSA) is 108 Å². The summed E-state index contributed by atoms with van der Waals surface area (Å²) in [5, 5.41) is 23.5. The van der Waals surface area contributed by atoms with E-state index in [9.17, 15) is 10.1 Å². The summed E-state index contributed by atoms with van der Waals surface area (Å²) < 4.78 is 0. The van der Waals surface area contributed by atoms with E-state index in [1.165, 1.54) is 12.3 Å². The molecule has 5 rings (SSSR count). The summed E-state index contributed by atoms with van der Waals surface area (Å²) in [6.45, 7) is 0. The number of thiazole rings is 1. The summed E-state index contributed by atoms with van der Waals surface area (Å²) in [4.78, 5) is 24.8. The monoisotopic (exact) mass is 421 g/mol. The zero-order valence-corrected chi connectivity index (χ0v) is 16.1. The molecule has 0 N–H and O–H groups in total. The van der Waals surface area contributed by atoms with E-state index in [1.807, 2.05) is 23.6 Å². The first-order valence-electron chi connectivity index (χ1n) is 8.40. The third kappa shape index (κ3) is 2.87. The van der Waals surface area contributed by atoms with Crippen molar-refractivity contribution in [3.8, 4) is 16.3 Å². The molecular weight excluding hydrogens is 412 g/mol. The summed E-state index contributed by atoms with van der Waals surface area (Å²) in [6, 6.07) is 8.68. The third-order valence-corrected chi connectivity index (χ3v) is 6.22. The first-order valence-corrected chi connectivity index (χ1v) is 10.1. The van der Waals surface area contributed by atoms with E-state index in [0.29, 0.717) is 37.6 Å². The van der Waals surface area contributed by atoms with Crippen LogP contribution >= 0.6 is 22.1 Å². The molecule has 0 amide bonds. The van der Waals surface area contributed by atoms with E-state index < -0.39 is 15.4 Å². The minimum Gasteiger partial charge on any atom is -0.258 e. The molecule has 8 nitrogen and oxygen atoms in total. The van der Waals surface area contributed by atoms with Crippen molar-refractivity contribution < 1.29 is 4.92 Å². The minimum absolute atomic E-state index is 0.153. The van der Waals surface area contributed by atoms with Crippen LogP contribution in [0.1, 0.15) is 0 Å². The molecule has 29 heavy (non-hydrogen) atoms. The Morgan fingerprint density at radius 1 is 1.10 bits per heavy atom. The van der Waals surface area contributed by atoms with Crippen LogP contribution in [-0.4, -0.2) is 30.1 Å². The molecule has 0 bridgehead atoms. The molecule has 2 aromatic carbocycles. The Hall–Kier alpha value is -3.56. The Balaban J connectivity index is 1.99. The highest BCUT2D eigenvalue weighted by Crippen LogP contribution is 2.38. The molecule has 0 aliphatic rings. The fraction of sp³-hybridized carbons (Fsp3) is 0. The van der Waals surface area contributed by atoms with Crippen molar-refractivity contribution in [1.82, 2.24) is 25.1 Å². The van der Waals surface area contributed by atoms with Gasteiger partial charge in [-0.3, -0.25) is 10.1 Å². The number of nitro groups is 1. The van der Waals surface area contributed by atoms with E-state index in [0.717, 1.165) is 0 Å². The molecule has 0 spiro atoms. The van der Waals surface area contributed by atoms with Gasteiger partial charge >= 0.3 is 0 Å². The van der Waals surface area contributed by atoms with Gasteiger partial charge in [-0.15, -0.1) is 5.10 Å². The predicted octanol–water partition coefficient (Wildman–Crippen LogP) is 4.93. The lowest BCUT2D eigenvalue weighted by molar-refractivity contribution is -0.383. The Morgan fingerprint density at radius 3 is 2.72 bits per heavy atom. The van der Waals surface area contributed by atoms with E-state index in [2.05, 4.69) is 20.2 Å². The van der Waals surface area contributed by atoms with Crippen LogP contribution in [0.25, 0.3) is 38.1 Å². The number of nitro benzene ring substituents is 1. The standard InChI is InChI=1S/C19H10ClN6O2S/c20-14-4-2-1-3-11(14)18-12-7-15(26(27)28)19-13(8-23-25-19)17(12)22-9-16(24-18)29-6-5-21-10-29/h1-10H/q+1. The Morgan fingerprint density at radius 2 is 1.97 bits per heavy atom. The van der Waals surface area contributed by atoms with Crippen molar-refractivity contribution >= 4 is 49.6 Å². The maximum Gasteiger partial charge on any atom is 0.298 e. The van der Waals surface area contributed by atoms with Gasteiger partial charge in [-0.2, -0.15) is 10.1 Å². The van der Waals surface area contributed by atoms with Gasteiger partial charge in [0.2, 0.25) is 5.51 Å². The molecule has 0 fully saturated rings. The van der Waals surface area contributed by atoms with Gasteiger partial charge in [-0.25, -0.2) is 9.97 Å². The van der Waals surface area contributed by atoms with Gasteiger partial charge in [0.15, 0.2) is 10.9 Å². The summed E-state index contributed by atoms with van der Waals surface area (Å²) in [7, 11) is -0.453.